The highest BCUT2D eigenvalue weighted by Gasteiger charge is 2.27. The Morgan fingerprint density at radius 1 is 1.08 bits per heavy atom. The molecule has 3 nitrogen and oxygen atoms in total. The minimum absolute atomic E-state index is 0.0862. The largest absolute Gasteiger partial charge is 0.321 e. The molecule has 0 aromatic heterocycles. The zero-order valence-electron chi connectivity index (χ0n) is 14.4. The minimum Gasteiger partial charge on any atom is -0.321 e. The average Bonchev–Trinajstić information content (AvgIpc) is 2.66. The zero-order valence-corrected chi connectivity index (χ0v) is 16.6. The Morgan fingerprint density at radius 3 is 2.42 bits per heavy atom. The van der Waals surface area contributed by atoms with E-state index in [1.165, 1.54) is 22.1 Å². The first-order valence-corrected chi connectivity index (χ1v) is 9.63. The summed E-state index contributed by atoms with van der Waals surface area (Å²) in [6.07, 6.45) is 3.18. The second-order valence-corrected chi connectivity index (χ2v) is 7.64. The summed E-state index contributed by atoms with van der Waals surface area (Å²) in [5.41, 5.74) is 3.08. The summed E-state index contributed by atoms with van der Waals surface area (Å²) in [7, 11) is 0. The quantitative estimate of drug-likeness (QED) is 0.722. The SMILES string of the molecule is C[C@@H](C(=O)Nc1cc(Cl)c(Cl)cc1Cl)[NH+]1CC=C(c2ccccc2)CC1. The molecule has 1 amide bonds. The lowest BCUT2D eigenvalue weighted by Crippen LogP contribution is -3.17. The molecule has 1 heterocycles. The van der Waals surface area contributed by atoms with Crippen LogP contribution in [0.15, 0.2) is 48.5 Å². The van der Waals surface area contributed by atoms with Crippen LogP contribution in [0, 0.1) is 0 Å². The Labute approximate surface area is 168 Å². The molecular weight excluding hydrogens is 391 g/mol. The van der Waals surface area contributed by atoms with Crippen LogP contribution in [-0.2, 0) is 4.79 Å². The van der Waals surface area contributed by atoms with Gasteiger partial charge in [-0.3, -0.25) is 4.79 Å². The van der Waals surface area contributed by atoms with Crippen molar-refractivity contribution >= 4 is 52.0 Å². The normalized spacial score (nSPS) is 18.2. The minimum atomic E-state index is -0.200. The summed E-state index contributed by atoms with van der Waals surface area (Å²) < 4.78 is 0. The van der Waals surface area contributed by atoms with E-state index in [1.807, 2.05) is 25.1 Å². The maximum Gasteiger partial charge on any atom is 0.282 e. The van der Waals surface area contributed by atoms with Gasteiger partial charge in [-0.15, -0.1) is 0 Å². The first-order chi connectivity index (χ1) is 12.5. The lowest BCUT2D eigenvalue weighted by atomic mass is 9.99. The summed E-state index contributed by atoms with van der Waals surface area (Å²) in [6.45, 7) is 3.65. The van der Waals surface area contributed by atoms with E-state index in [0.29, 0.717) is 20.8 Å². The number of carbonyl (C=O) groups excluding carboxylic acids is 1. The van der Waals surface area contributed by atoms with Crippen molar-refractivity contribution in [3.63, 3.8) is 0 Å². The number of carbonyl (C=O) groups is 1. The molecule has 2 N–H and O–H groups in total. The van der Waals surface area contributed by atoms with E-state index in [-0.39, 0.29) is 11.9 Å². The van der Waals surface area contributed by atoms with Crippen LogP contribution in [0.4, 0.5) is 5.69 Å². The number of anilines is 1. The third-order valence-corrected chi connectivity index (χ3v) is 5.78. The predicted octanol–water partition coefficient (Wildman–Crippen LogP) is 4.35. The third kappa shape index (κ3) is 4.41. The Balaban J connectivity index is 1.65. The molecule has 1 aliphatic rings. The molecule has 3 rings (SSSR count). The monoisotopic (exact) mass is 409 g/mol. The predicted molar refractivity (Wildman–Crippen MR) is 109 cm³/mol. The van der Waals surface area contributed by atoms with Crippen LogP contribution in [0.25, 0.3) is 5.57 Å². The molecule has 2 atom stereocenters. The van der Waals surface area contributed by atoms with Gasteiger partial charge in [-0.2, -0.15) is 0 Å². The number of nitrogens with one attached hydrogen (secondary N) is 2. The van der Waals surface area contributed by atoms with Gasteiger partial charge in [-0.1, -0.05) is 65.1 Å². The van der Waals surface area contributed by atoms with Gasteiger partial charge in [0.2, 0.25) is 0 Å². The van der Waals surface area contributed by atoms with Crippen molar-refractivity contribution in [1.82, 2.24) is 0 Å². The fourth-order valence-corrected chi connectivity index (χ4v) is 3.70. The molecule has 0 spiro atoms. The van der Waals surface area contributed by atoms with Crippen LogP contribution in [0.2, 0.25) is 15.1 Å². The van der Waals surface area contributed by atoms with Crippen molar-refractivity contribution in [2.75, 3.05) is 18.4 Å². The smallest absolute Gasteiger partial charge is 0.282 e. The molecule has 0 radical (unpaired) electrons. The van der Waals surface area contributed by atoms with Crippen LogP contribution < -0.4 is 10.2 Å². The van der Waals surface area contributed by atoms with Gasteiger partial charge < -0.3 is 10.2 Å². The standard InChI is InChI=1S/C20H19Cl3N2O/c1-13(20(26)24-19-12-17(22)16(21)11-18(19)23)25-9-7-15(8-10-25)14-5-3-2-4-6-14/h2-7,11-13H,8-10H2,1H3,(H,24,26)/p+1/t13-/m0/s1. The van der Waals surface area contributed by atoms with Gasteiger partial charge in [-0.05, 0) is 36.3 Å². The first-order valence-electron chi connectivity index (χ1n) is 8.50. The molecule has 6 heteroatoms. The highest BCUT2D eigenvalue weighted by atomic mass is 35.5. The van der Waals surface area contributed by atoms with E-state index < -0.39 is 0 Å². The molecule has 2 aromatic carbocycles. The third-order valence-electron chi connectivity index (χ3n) is 4.74. The van der Waals surface area contributed by atoms with Crippen molar-refractivity contribution in [2.24, 2.45) is 0 Å². The van der Waals surface area contributed by atoms with E-state index >= 15 is 0 Å². The summed E-state index contributed by atoms with van der Waals surface area (Å²) in [5.74, 6) is -0.0862. The van der Waals surface area contributed by atoms with Gasteiger partial charge in [-0.25, -0.2) is 0 Å². The summed E-state index contributed by atoms with van der Waals surface area (Å²) in [6, 6.07) is 13.3. The lowest BCUT2D eigenvalue weighted by molar-refractivity contribution is -0.909. The van der Waals surface area contributed by atoms with Crippen molar-refractivity contribution in [1.29, 1.82) is 0 Å². The van der Waals surface area contributed by atoms with Gasteiger partial charge in [0.25, 0.3) is 5.91 Å². The molecule has 26 heavy (non-hydrogen) atoms. The molecule has 1 aliphatic heterocycles. The van der Waals surface area contributed by atoms with Gasteiger partial charge in [0, 0.05) is 6.42 Å². The number of hydrogen-bond acceptors (Lipinski definition) is 1. The van der Waals surface area contributed by atoms with Gasteiger partial charge >= 0.3 is 0 Å². The van der Waals surface area contributed by atoms with Gasteiger partial charge in [0.15, 0.2) is 6.04 Å². The maximum absolute atomic E-state index is 12.6. The Bertz CT molecular complexity index is 836. The summed E-state index contributed by atoms with van der Waals surface area (Å²) >= 11 is 18.1. The van der Waals surface area contributed by atoms with Crippen molar-refractivity contribution in [3.8, 4) is 0 Å². The van der Waals surface area contributed by atoms with Crippen molar-refractivity contribution in [2.45, 2.75) is 19.4 Å². The van der Waals surface area contributed by atoms with Crippen LogP contribution in [0.3, 0.4) is 0 Å². The Hall–Kier alpha value is -1.52. The van der Waals surface area contributed by atoms with Crippen LogP contribution in [0.5, 0.6) is 0 Å². The van der Waals surface area contributed by atoms with Gasteiger partial charge in [0.05, 0.1) is 33.8 Å². The second kappa shape index (κ2) is 8.45. The maximum atomic E-state index is 12.6. The molecule has 2 aromatic rings. The Kier molecular flexibility index (Phi) is 6.25. The van der Waals surface area contributed by atoms with Crippen LogP contribution in [0.1, 0.15) is 18.9 Å². The van der Waals surface area contributed by atoms with E-state index in [9.17, 15) is 4.79 Å². The fourth-order valence-electron chi connectivity index (χ4n) is 3.11. The lowest BCUT2D eigenvalue weighted by Gasteiger charge is -2.28. The molecule has 1 unspecified atom stereocenters. The second-order valence-electron chi connectivity index (χ2n) is 6.41. The highest BCUT2D eigenvalue weighted by Crippen LogP contribution is 2.32. The van der Waals surface area contributed by atoms with Gasteiger partial charge in [0.1, 0.15) is 0 Å². The number of quaternary nitrogens is 1. The van der Waals surface area contributed by atoms with Crippen LogP contribution >= 0.6 is 34.8 Å². The topological polar surface area (TPSA) is 33.5 Å². The molecule has 0 bridgehead atoms. The molecule has 0 saturated carbocycles. The molecule has 0 saturated heterocycles. The zero-order chi connectivity index (χ0) is 18.7. The van der Waals surface area contributed by atoms with Crippen molar-refractivity contribution in [3.05, 3.63) is 69.2 Å². The Morgan fingerprint density at radius 2 is 1.77 bits per heavy atom. The average molecular weight is 411 g/mol. The highest BCUT2D eigenvalue weighted by molar-refractivity contribution is 6.44. The number of halogens is 3. The number of hydrogen-bond donors (Lipinski definition) is 2. The molecular formula is C20H20Cl3N2O+. The van der Waals surface area contributed by atoms with Crippen LogP contribution in [-0.4, -0.2) is 25.0 Å². The van der Waals surface area contributed by atoms with E-state index in [1.54, 1.807) is 6.07 Å². The first kappa shape index (κ1) is 19.2. The fraction of sp³-hybridized carbons (Fsp3) is 0.250. The van der Waals surface area contributed by atoms with E-state index in [2.05, 4.69) is 23.5 Å². The molecule has 0 aliphatic carbocycles. The molecule has 0 fully saturated rings. The summed E-state index contributed by atoms with van der Waals surface area (Å²) in [4.78, 5) is 13.8. The molecule has 136 valence electrons. The number of amides is 1. The van der Waals surface area contributed by atoms with E-state index in [4.69, 9.17) is 34.8 Å². The van der Waals surface area contributed by atoms with E-state index in [0.717, 1.165) is 19.5 Å². The van der Waals surface area contributed by atoms with Crippen molar-refractivity contribution < 1.29 is 9.69 Å². The summed E-state index contributed by atoms with van der Waals surface area (Å²) in [5, 5.41) is 3.96. The number of benzene rings is 2. The number of rotatable bonds is 4.